The number of nitrogens with one attached hydrogen (secondary N) is 1. The molecule has 0 bridgehead atoms. The SMILES string of the molecule is CC=C[N-]c1cc(Nc2ncc(C(F)(F)F)c(-n3nc(C)c4cc(C#N)ccc43)n2)c(OC)cc1N(C)CCN(C)C. The molecule has 0 amide bonds. The third-order valence-corrected chi connectivity index (χ3v) is 6.47. The van der Waals surface area contributed by atoms with E-state index in [1.54, 1.807) is 37.4 Å². The first-order valence-corrected chi connectivity index (χ1v) is 13.0. The Kier molecular flexibility index (Phi) is 8.87. The van der Waals surface area contributed by atoms with E-state index >= 15 is 0 Å². The molecule has 0 radical (unpaired) electrons. The highest BCUT2D eigenvalue weighted by Crippen LogP contribution is 2.42. The molecule has 4 rings (SSSR count). The van der Waals surface area contributed by atoms with Gasteiger partial charge in [-0.15, -0.1) is 11.8 Å². The molecule has 2 aromatic heterocycles. The summed E-state index contributed by atoms with van der Waals surface area (Å²) < 4.78 is 49.1. The quantitative estimate of drug-likeness (QED) is 0.233. The Balaban J connectivity index is 1.82. The fraction of sp³-hybridized carbons (Fsp3) is 0.310. The van der Waals surface area contributed by atoms with Crippen LogP contribution in [0.25, 0.3) is 22.0 Å². The van der Waals surface area contributed by atoms with Crippen molar-refractivity contribution in [3.8, 4) is 17.6 Å². The minimum Gasteiger partial charge on any atom is -0.663 e. The molecule has 0 aliphatic heterocycles. The van der Waals surface area contributed by atoms with Crippen LogP contribution in [0.5, 0.6) is 5.75 Å². The normalized spacial score (nSPS) is 11.7. The van der Waals surface area contributed by atoms with Crippen LogP contribution >= 0.6 is 0 Å². The van der Waals surface area contributed by atoms with Crippen LogP contribution in [0, 0.1) is 18.3 Å². The van der Waals surface area contributed by atoms with Crippen molar-refractivity contribution in [3.05, 3.63) is 70.9 Å². The average molecular weight is 579 g/mol. The van der Waals surface area contributed by atoms with Crippen LogP contribution < -0.4 is 15.0 Å². The number of fused-ring (bicyclic) bond motifs is 1. The Bertz CT molecular complexity index is 1660. The van der Waals surface area contributed by atoms with E-state index in [9.17, 15) is 18.4 Å². The van der Waals surface area contributed by atoms with Gasteiger partial charge in [-0.05, 0) is 52.2 Å². The fourth-order valence-corrected chi connectivity index (χ4v) is 4.27. The number of ether oxygens (including phenoxy) is 1. The Labute approximate surface area is 242 Å². The Morgan fingerprint density at radius 1 is 1.17 bits per heavy atom. The Morgan fingerprint density at radius 2 is 1.93 bits per heavy atom. The maximum Gasteiger partial charge on any atom is 0.421 e. The molecule has 13 heteroatoms. The predicted molar refractivity (Wildman–Crippen MR) is 157 cm³/mol. The third-order valence-electron chi connectivity index (χ3n) is 6.47. The standard InChI is InChI=1S/C29H31F3N9O/c1-7-10-34-22-14-23(26(42-6)15-25(22)40(5)12-11-39(3)4)36-28-35-17-21(29(30,31)32)27(37-28)41-24-9-8-19(16-33)13-20(24)18(2)38-41/h7-10,13-15,17H,11-12H2,1-6H3,(H,35,36,37)/q-1. The second kappa shape index (κ2) is 12.4. The van der Waals surface area contributed by atoms with E-state index < -0.39 is 17.6 Å². The average Bonchev–Trinajstić information content (AvgIpc) is 3.29. The number of hydrogen-bond acceptors (Lipinski definition) is 8. The number of likely N-dealkylation sites (N-methyl/N-ethyl adjacent to an activating group) is 2. The van der Waals surface area contributed by atoms with Crippen LogP contribution in [0.1, 0.15) is 23.7 Å². The highest BCUT2D eigenvalue weighted by Gasteiger charge is 2.36. The number of methoxy groups -OCH3 is 1. The summed E-state index contributed by atoms with van der Waals surface area (Å²) in [5.41, 5.74) is 1.97. The van der Waals surface area contributed by atoms with E-state index in [0.29, 0.717) is 39.3 Å². The molecule has 220 valence electrons. The van der Waals surface area contributed by atoms with E-state index in [2.05, 4.69) is 30.6 Å². The zero-order chi connectivity index (χ0) is 30.6. The zero-order valence-electron chi connectivity index (χ0n) is 24.2. The molecule has 0 aliphatic carbocycles. The largest absolute Gasteiger partial charge is 0.663 e. The van der Waals surface area contributed by atoms with Crippen molar-refractivity contribution in [1.82, 2.24) is 24.6 Å². The lowest BCUT2D eigenvalue weighted by Crippen LogP contribution is -2.28. The van der Waals surface area contributed by atoms with Gasteiger partial charge in [-0.2, -0.15) is 34.7 Å². The van der Waals surface area contributed by atoms with Gasteiger partial charge in [-0.3, -0.25) is 0 Å². The highest BCUT2D eigenvalue weighted by molar-refractivity contribution is 5.85. The molecular weight excluding hydrogens is 547 g/mol. The number of benzene rings is 2. The molecule has 0 aliphatic rings. The third kappa shape index (κ3) is 6.39. The highest BCUT2D eigenvalue weighted by atomic mass is 19.4. The summed E-state index contributed by atoms with van der Waals surface area (Å²) in [4.78, 5) is 12.3. The lowest BCUT2D eigenvalue weighted by Gasteiger charge is -2.31. The van der Waals surface area contributed by atoms with Gasteiger partial charge in [0.15, 0.2) is 5.82 Å². The number of alkyl halides is 3. The first-order valence-electron chi connectivity index (χ1n) is 13.0. The minimum atomic E-state index is -4.75. The van der Waals surface area contributed by atoms with Crippen molar-refractivity contribution < 1.29 is 17.9 Å². The number of nitrogens with zero attached hydrogens (tertiary/aromatic N) is 8. The van der Waals surface area contributed by atoms with Crippen LogP contribution in [0.3, 0.4) is 0 Å². The lowest BCUT2D eigenvalue weighted by atomic mass is 10.1. The summed E-state index contributed by atoms with van der Waals surface area (Å²) in [7, 11) is 7.42. The second-order valence-electron chi connectivity index (χ2n) is 9.77. The van der Waals surface area contributed by atoms with E-state index in [0.717, 1.165) is 29.7 Å². The summed E-state index contributed by atoms with van der Waals surface area (Å²) in [5, 5.41) is 21.7. The summed E-state index contributed by atoms with van der Waals surface area (Å²) in [6.45, 7) is 5.04. The predicted octanol–water partition coefficient (Wildman–Crippen LogP) is 6.30. The number of nitriles is 1. The van der Waals surface area contributed by atoms with E-state index in [4.69, 9.17) is 4.74 Å². The monoisotopic (exact) mass is 578 g/mol. The molecular formula is C29H31F3N9O-. The van der Waals surface area contributed by atoms with Crippen molar-refractivity contribution >= 4 is 33.9 Å². The lowest BCUT2D eigenvalue weighted by molar-refractivity contribution is -0.138. The van der Waals surface area contributed by atoms with Crippen molar-refractivity contribution in [2.24, 2.45) is 0 Å². The van der Waals surface area contributed by atoms with Crippen LogP contribution in [0.15, 0.2) is 48.8 Å². The van der Waals surface area contributed by atoms with Gasteiger partial charge in [-0.25, -0.2) is 9.67 Å². The van der Waals surface area contributed by atoms with Crippen LogP contribution in [-0.2, 0) is 6.18 Å². The number of halogens is 3. The maximum absolute atomic E-state index is 14.1. The van der Waals surface area contributed by atoms with E-state index in [1.165, 1.54) is 13.2 Å². The number of anilines is 3. The molecule has 1 N–H and O–H groups in total. The second-order valence-corrected chi connectivity index (χ2v) is 9.77. The molecule has 0 fully saturated rings. The number of allylic oxidation sites excluding steroid dienone is 1. The molecule has 10 nitrogen and oxygen atoms in total. The number of hydrogen-bond donors (Lipinski definition) is 1. The number of aryl methyl sites for hydroxylation is 1. The van der Waals surface area contributed by atoms with Gasteiger partial charge in [0.25, 0.3) is 0 Å². The van der Waals surface area contributed by atoms with Crippen LogP contribution in [0.4, 0.5) is 36.2 Å². The van der Waals surface area contributed by atoms with Crippen molar-refractivity contribution in [2.75, 3.05) is 51.6 Å². The summed E-state index contributed by atoms with van der Waals surface area (Å²) in [5.74, 6) is -0.131. The van der Waals surface area contributed by atoms with E-state index in [-0.39, 0.29) is 5.95 Å². The molecule has 4 aromatic rings. The molecule has 42 heavy (non-hydrogen) atoms. The fourth-order valence-electron chi connectivity index (χ4n) is 4.27. The first kappa shape index (κ1) is 30.1. The van der Waals surface area contributed by atoms with E-state index in [1.807, 2.05) is 45.1 Å². The first-order chi connectivity index (χ1) is 20.0. The molecule has 2 aromatic carbocycles. The van der Waals surface area contributed by atoms with Gasteiger partial charge in [-0.1, -0.05) is 0 Å². The molecule has 0 saturated heterocycles. The number of rotatable bonds is 10. The molecule has 0 unspecified atom stereocenters. The van der Waals surface area contributed by atoms with Crippen molar-refractivity contribution in [2.45, 2.75) is 20.0 Å². The van der Waals surface area contributed by atoms with Crippen LogP contribution in [0.2, 0.25) is 0 Å². The van der Waals surface area contributed by atoms with Gasteiger partial charge in [0, 0.05) is 43.5 Å². The van der Waals surface area contributed by atoms with Gasteiger partial charge in [0.1, 0.15) is 11.3 Å². The molecule has 2 heterocycles. The maximum atomic E-state index is 14.1. The van der Waals surface area contributed by atoms with Crippen molar-refractivity contribution in [1.29, 1.82) is 5.26 Å². The molecule has 0 spiro atoms. The molecule has 0 atom stereocenters. The Morgan fingerprint density at radius 3 is 2.57 bits per heavy atom. The van der Waals surface area contributed by atoms with Crippen LogP contribution in [-0.4, -0.2) is 66.0 Å². The number of aromatic nitrogens is 4. The minimum absolute atomic E-state index is 0.100. The zero-order valence-corrected chi connectivity index (χ0v) is 24.2. The summed E-state index contributed by atoms with van der Waals surface area (Å²) >= 11 is 0. The topological polar surface area (TPSA) is 109 Å². The van der Waals surface area contributed by atoms with Gasteiger partial charge >= 0.3 is 6.18 Å². The van der Waals surface area contributed by atoms with Gasteiger partial charge in [0.2, 0.25) is 5.95 Å². The summed E-state index contributed by atoms with van der Waals surface area (Å²) in [6, 6.07) is 10.2. The summed E-state index contributed by atoms with van der Waals surface area (Å²) in [6.07, 6.45) is -0.577. The smallest absolute Gasteiger partial charge is 0.421 e. The van der Waals surface area contributed by atoms with Crippen molar-refractivity contribution in [3.63, 3.8) is 0 Å². The van der Waals surface area contributed by atoms with Gasteiger partial charge < -0.3 is 25.2 Å². The Hall–Kier alpha value is -4.83. The van der Waals surface area contributed by atoms with Gasteiger partial charge in [0.05, 0.1) is 35.6 Å². The molecule has 0 saturated carbocycles.